The normalized spacial score (nSPS) is 10.3. The van der Waals surface area contributed by atoms with E-state index in [0.29, 0.717) is 17.1 Å². The highest BCUT2D eigenvalue weighted by molar-refractivity contribution is 5.95. The summed E-state index contributed by atoms with van der Waals surface area (Å²) >= 11 is 0. The van der Waals surface area contributed by atoms with Crippen LogP contribution in [0.2, 0.25) is 0 Å². The number of hydrogen-bond donors (Lipinski definition) is 2. The number of benzene rings is 2. The Balaban J connectivity index is 1.87. The van der Waals surface area contributed by atoms with Crippen LogP contribution in [0, 0.1) is 6.92 Å². The fourth-order valence-corrected chi connectivity index (χ4v) is 2.36. The molecule has 0 aromatic heterocycles. The van der Waals surface area contributed by atoms with Crippen molar-refractivity contribution < 1.29 is 19.1 Å². The molecule has 2 aromatic rings. The molecule has 0 radical (unpaired) electrons. The number of ether oxygens (including phenoxy) is 2. The minimum Gasteiger partial charge on any atom is -0.497 e. The third kappa shape index (κ3) is 5.24. The van der Waals surface area contributed by atoms with Gasteiger partial charge in [0.15, 0.2) is 6.61 Å². The van der Waals surface area contributed by atoms with Crippen LogP contribution in [0.5, 0.6) is 11.5 Å². The van der Waals surface area contributed by atoms with Crippen molar-refractivity contribution >= 4 is 11.8 Å². The highest BCUT2D eigenvalue weighted by Crippen LogP contribution is 2.27. The predicted molar refractivity (Wildman–Crippen MR) is 99.4 cm³/mol. The first kappa shape index (κ1) is 19.3. The Morgan fingerprint density at radius 1 is 1.04 bits per heavy atom. The SMILES string of the molecule is COc1ccc(C(=O)NNC(=O)COc2cc(C)ccc2C(C)C)cc1. The van der Waals surface area contributed by atoms with Gasteiger partial charge in [-0.3, -0.25) is 20.4 Å². The topological polar surface area (TPSA) is 76.7 Å². The molecule has 0 aliphatic carbocycles. The molecule has 0 atom stereocenters. The molecule has 6 nitrogen and oxygen atoms in total. The van der Waals surface area contributed by atoms with Crippen LogP contribution in [0.4, 0.5) is 0 Å². The maximum atomic E-state index is 12.0. The molecule has 0 spiro atoms. The summed E-state index contributed by atoms with van der Waals surface area (Å²) in [6.07, 6.45) is 0. The third-order valence-corrected chi connectivity index (χ3v) is 3.82. The highest BCUT2D eigenvalue weighted by atomic mass is 16.5. The van der Waals surface area contributed by atoms with Crippen LogP contribution in [0.1, 0.15) is 41.3 Å². The average molecular weight is 356 g/mol. The molecule has 138 valence electrons. The van der Waals surface area contributed by atoms with Gasteiger partial charge >= 0.3 is 0 Å². The van der Waals surface area contributed by atoms with Crippen LogP contribution >= 0.6 is 0 Å². The minimum absolute atomic E-state index is 0.188. The van der Waals surface area contributed by atoms with E-state index >= 15 is 0 Å². The number of rotatable bonds is 6. The molecule has 0 aliphatic heterocycles. The molecule has 2 N–H and O–H groups in total. The van der Waals surface area contributed by atoms with E-state index in [0.717, 1.165) is 11.1 Å². The van der Waals surface area contributed by atoms with E-state index in [1.54, 1.807) is 31.4 Å². The van der Waals surface area contributed by atoms with Gasteiger partial charge in [-0.05, 0) is 54.3 Å². The fraction of sp³-hybridized carbons (Fsp3) is 0.300. The van der Waals surface area contributed by atoms with Gasteiger partial charge in [-0.2, -0.15) is 0 Å². The summed E-state index contributed by atoms with van der Waals surface area (Å²) in [5, 5.41) is 0. The molecule has 6 heteroatoms. The van der Waals surface area contributed by atoms with Crippen LogP contribution in [0.3, 0.4) is 0 Å². The summed E-state index contributed by atoms with van der Waals surface area (Å²) in [6.45, 7) is 5.90. The summed E-state index contributed by atoms with van der Waals surface area (Å²) in [6, 6.07) is 12.5. The van der Waals surface area contributed by atoms with Crippen molar-refractivity contribution in [2.45, 2.75) is 26.7 Å². The molecule has 0 saturated carbocycles. The molecule has 0 fully saturated rings. The monoisotopic (exact) mass is 356 g/mol. The van der Waals surface area contributed by atoms with Gasteiger partial charge in [0.1, 0.15) is 11.5 Å². The molecule has 2 amide bonds. The second-order valence-electron chi connectivity index (χ2n) is 6.22. The molecular weight excluding hydrogens is 332 g/mol. The van der Waals surface area contributed by atoms with E-state index in [4.69, 9.17) is 9.47 Å². The van der Waals surface area contributed by atoms with Gasteiger partial charge in [0, 0.05) is 5.56 Å². The molecule has 0 heterocycles. The van der Waals surface area contributed by atoms with Crippen molar-refractivity contribution in [3.63, 3.8) is 0 Å². The molecule has 0 unspecified atom stereocenters. The van der Waals surface area contributed by atoms with E-state index in [-0.39, 0.29) is 12.5 Å². The number of aryl methyl sites for hydroxylation is 1. The third-order valence-electron chi connectivity index (χ3n) is 3.82. The first-order valence-electron chi connectivity index (χ1n) is 8.37. The summed E-state index contributed by atoms with van der Waals surface area (Å²) in [5.41, 5.74) is 7.21. The minimum atomic E-state index is -0.442. The predicted octanol–water partition coefficient (Wildman–Crippen LogP) is 2.97. The second kappa shape index (κ2) is 8.89. The number of methoxy groups -OCH3 is 1. The lowest BCUT2D eigenvalue weighted by molar-refractivity contribution is -0.123. The van der Waals surface area contributed by atoms with E-state index in [1.807, 2.05) is 25.1 Å². The zero-order chi connectivity index (χ0) is 19.1. The Bertz CT molecular complexity index is 770. The van der Waals surface area contributed by atoms with Gasteiger partial charge < -0.3 is 9.47 Å². The number of hydrazine groups is 1. The smallest absolute Gasteiger partial charge is 0.276 e. The lowest BCUT2D eigenvalue weighted by Crippen LogP contribution is -2.43. The standard InChI is InChI=1S/C20H24N2O4/c1-13(2)17-10-5-14(3)11-18(17)26-12-19(23)21-22-20(24)15-6-8-16(25-4)9-7-15/h5-11,13H,12H2,1-4H3,(H,21,23)(H,22,24). The first-order valence-corrected chi connectivity index (χ1v) is 8.37. The van der Waals surface area contributed by atoms with E-state index in [9.17, 15) is 9.59 Å². The summed E-state index contributed by atoms with van der Waals surface area (Å²) in [7, 11) is 1.55. The van der Waals surface area contributed by atoms with E-state index < -0.39 is 11.8 Å². The van der Waals surface area contributed by atoms with Crippen molar-refractivity contribution in [1.82, 2.24) is 10.9 Å². The van der Waals surface area contributed by atoms with Gasteiger partial charge in [-0.25, -0.2) is 0 Å². The van der Waals surface area contributed by atoms with Crippen LogP contribution in [-0.4, -0.2) is 25.5 Å². The van der Waals surface area contributed by atoms with Gasteiger partial charge in [0.25, 0.3) is 11.8 Å². The van der Waals surface area contributed by atoms with Gasteiger partial charge in [-0.15, -0.1) is 0 Å². The summed E-state index contributed by atoms with van der Waals surface area (Å²) in [4.78, 5) is 24.0. The Morgan fingerprint density at radius 2 is 1.73 bits per heavy atom. The average Bonchev–Trinajstić information content (AvgIpc) is 2.64. The van der Waals surface area contributed by atoms with E-state index in [2.05, 4.69) is 24.7 Å². The first-order chi connectivity index (χ1) is 12.4. The zero-order valence-electron chi connectivity index (χ0n) is 15.5. The lowest BCUT2D eigenvalue weighted by atomic mass is 10.0. The van der Waals surface area contributed by atoms with Gasteiger partial charge in [-0.1, -0.05) is 26.0 Å². The van der Waals surface area contributed by atoms with Gasteiger partial charge in [0.05, 0.1) is 7.11 Å². The molecular formula is C20H24N2O4. The van der Waals surface area contributed by atoms with Crippen LogP contribution in [0.15, 0.2) is 42.5 Å². The van der Waals surface area contributed by atoms with Crippen molar-refractivity contribution in [2.75, 3.05) is 13.7 Å². The maximum absolute atomic E-state index is 12.0. The van der Waals surface area contributed by atoms with Crippen LogP contribution in [-0.2, 0) is 4.79 Å². The summed E-state index contributed by atoms with van der Waals surface area (Å²) < 4.78 is 10.7. The Labute approximate surface area is 153 Å². The summed E-state index contributed by atoms with van der Waals surface area (Å²) in [5.74, 6) is 0.751. The fourth-order valence-electron chi connectivity index (χ4n) is 2.36. The molecule has 26 heavy (non-hydrogen) atoms. The lowest BCUT2D eigenvalue weighted by Gasteiger charge is -2.15. The number of amides is 2. The number of hydrogen-bond acceptors (Lipinski definition) is 4. The molecule has 0 bridgehead atoms. The molecule has 2 rings (SSSR count). The maximum Gasteiger partial charge on any atom is 0.276 e. The number of carbonyl (C=O) groups excluding carboxylic acids is 2. The van der Waals surface area contributed by atoms with Crippen molar-refractivity contribution in [1.29, 1.82) is 0 Å². The molecule has 0 aliphatic rings. The zero-order valence-corrected chi connectivity index (χ0v) is 15.5. The van der Waals surface area contributed by atoms with Crippen molar-refractivity contribution in [3.8, 4) is 11.5 Å². The Morgan fingerprint density at radius 3 is 2.35 bits per heavy atom. The second-order valence-corrected chi connectivity index (χ2v) is 6.22. The quantitative estimate of drug-likeness (QED) is 0.780. The van der Waals surface area contributed by atoms with Crippen molar-refractivity contribution in [2.24, 2.45) is 0 Å². The molecule has 0 saturated heterocycles. The Kier molecular flexibility index (Phi) is 6.60. The largest absolute Gasteiger partial charge is 0.497 e. The van der Waals surface area contributed by atoms with Gasteiger partial charge in [0.2, 0.25) is 0 Å². The van der Waals surface area contributed by atoms with E-state index in [1.165, 1.54) is 0 Å². The Hall–Kier alpha value is -3.02. The van der Waals surface area contributed by atoms with Crippen molar-refractivity contribution in [3.05, 3.63) is 59.2 Å². The molecule has 2 aromatic carbocycles. The number of carbonyl (C=O) groups is 2. The van der Waals surface area contributed by atoms with Crippen LogP contribution < -0.4 is 20.3 Å². The van der Waals surface area contributed by atoms with Crippen LogP contribution in [0.25, 0.3) is 0 Å². The number of nitrogens with one attached hydrogen (secondary N) is 2. The highest BCUT2D eigenvalue weighted by Gasteiger charge is 2.11.